The van der Waals surface area contributed by atoms with E-state index in [2.05, 4.69) is 11.1 Å². The fraction of sp³-hybridized carbons (Fsp3) is 0.471. The van der Waals surface area contributed by atoms with Gasteiger partial charge in [0, 0.05) is 41.3 Å². The number of allylic oxidation sites excluding steroid dienone is 1. The van der Waals surface area contributed by atoms with Gasteiger partial charge in [-0.3, -0.25) is 0 Å². The number of ether oxygens (including phenoxy) is 1. The average Bonchev–Trinajstić information content (AvgIpc) is 2.65. The third-order valence-corrected chi connectivity index (χ3v) is 4.85. The van der Waals surface area contributed by atoms with E-state index in [1.165, 1.54) is 0 Å². The summed E-state index contributed by atoms with van der Waals surface area (Å²) in [5, 5.41) is 28.0. The van der Waals surface area contributed by atoms with Gasteiger partial charge in [0.2, 0.25) is 0 Å². The number of nitriles is 3. The topological polar surface area (TPSA) is 103 Å². The SMILES string of the molecule is CN(C)C(=C(C#N)C(=NC=C(C#N)C#N)SC(=S)N1CCOCC1)N(C)C. The van der Waals surface area contributed by atoms with Gasteiger partial charge in [-0.25, -0.2) is 4.99 Å². The third kappa shape index (κ3) is 6.58. The highest BCUT2D eigenvalue weighted by molar-refractivity contribution is 8.33. The van der Waals surface area contributed by atoms with Crippen LogP contribution in [0.15, 0.2) is 28.2 Å². The van der Waals surface area contributed by atoms with Gasteiger partial charge < -0.3 is 19.4 Å². The molecule has 0 aromatic rings. The second-order valence-electron chi connectivity index (χ2n) is 5.77. The van der Waals surface area contributed by atoms with E-state index in [9.17, 15) is 5.26 Å². The summed E-state index contributed by atoms with van der Waals surface area (Å²) < 4.78 is 5.90. The fourth-order valence-electron chi connectivity index (χ4n) is 2.28. The third-order valence-electron chi connectivity index (χ3n) is 3.40. The van der Waals surface area contributed by atoms with E-state index in [0.29, 0.717) is 47.1 Å². The number of rotatable bonds is 4. The first kappa shape index (κ1) is 22.5. The van der Waals surface area contributed by atoms with Crippen molar-refractivity contribution in [2.24, 2.45) is 4.99 Å². The predicted octanol–water partition coefficient (Wildman–Crippen LogP) is 1.52. The quantitative estimate of drug-likeness (QED) is 0.299. The number of aliphatic imine (C=N–C) groups is 1. The normalized spacial score (nSPS) is 13.5. The highest BCUT2D eigenvalue weighted by atomic mass is 32.2. The number of nitrogens with zero attached hydrogens (tertiary/aromatic N) is 7. The van der Waals surface area contributed by atoms with Crippen LogP contribution in [0.1, 0.15) is 0 Å². The number of hydrogen-bond acceptors (Lipinski definition) is 9. The summed E-state index contributed by atoms with van der Waals surface area (Å²) >= 11 is 6.68. The molecule has 0 amide bonds. The zero-order valence-electron chi connectivity index (χ0n) is 15.8. The monoisotopic (exact) mass is 403 g/mol. The lowest BCUT2D eigenvalue weighted by Crippen LogP contribution is -2.39. The Labute approximate surface area is 169 Å². The van der Waals surface area contributed by atoms with E-state index in [4.69, 9.17) is 27.5 Å². The second-order valence-corrected chi connectivity index (χ2v) is 7.39. The van der Waals surface area contributed by atoms with Crippen LogP contribution in [-0.4, -0.2) is 78.6 Å². The summed E-state index contributed by atoms with van der Waals surface area (Å²) in [6.45, 7) is 2.50. The molecule has 0 aromatic carbocycles. The highest BCUT2D eigenvalue weighted by Gasteiger charge is 2.22. The summed E-state index contributed by atoms with van der Waals surface area (Å²) in [5.41, 5.74) is 0.149. The first-order chi connectivity index (χ1) is 12.8. The van der Waals surface area contributed by atoms with Crippen molar-refractivity contribution in [1.29, 1.82) is 15.8 Å². The van der Waals surface area contributed by atoms with Gasteiger partial charge in [0.25, 0.3) is 0 Å². The molecular formula is C17H21N7OS2. The molecule has 0 unspecified atom stereocenters. The van der Waals surface area contributed by atoms with E-state index in [-0.39, 0.29) is 5.57 Å². The number of hydrogen-bond donors (Lipinski definition) is 0. The molecule has 27 heavy (non-hydrogen) atoms. The molecule has 0 atom stereocenters. The minimum absolute atomic E-state index is 0.154. The van der Waals surface area contributed by atoms with Gasteiger partial charge in [-0.15, -0.1) is 0 Å². The molecule has 0 radical (unpaired) electrons. The van der Waals surface area contributed by atoms with Crippen LogP contribution in [0, 0.1) is 34.0 Å². The Kier molecular flexibility index (Phi) is 9.32. The van der Waals surface area contributed by atoms with E-state index >= 15 is 0 Å². The molecule has 1 aliphatic heterocycles. The maximum atomic E-state index is 9.78. The van der Waals surface area contributed by atoms with Crippen LogP contribution in [0.3, 0.4) is 0 Å². The Morgan fingerprint density at radius 1 is 1.07 bits per heavy atom. The van der Waals surface area contributed by atoms with E-state index < -0.39 is 0 Å². The van der Waals surface area contributed by atoms with Crippen molar-refractivity contribution >= 4 is 33.3 Å². The molecule has 0 spiro atoms. The largest absolute Gasteiger partial charge is 0.378 e. The van der Waals surface area contributed by atoms with Gasteiger partial charge in [-0.05, 0) is 11.8 Å². The molecule has 0 N–H and O–H groups in total. The average molecular weight is 404 g/mol. The Bertz CT molecular complexity index is 747. The van der Waals surface area contributed by atoms with Crippen molar-refractivity contribution in [3.8, 4) is 18.2 Å². The minimum Gasteiger partial charge on any atom is -0.378 e. The maximum absolute atomic E-state index is 9.78. The maximum Gasteiger partial charge on any atom is 0.147 e. The lowest BCUT2D eigenvalue weighted by Gasteiger charge is -2.29. The van der Waals surface area contributed by atoms with Crippen molar-refractivity contribution < 1.29 is 4.74 Å². The van der Waals surface area contributed by atoms with Gasteiger partial charge in [0.05, 0.1) is 19.4 Å². The molecule has 0 bridgehead atoms. The number of thiocarbonyl (C=S) groups is 1. The van der Waals surface area contributed by atoms with Crippen molar-refractivity contribution in [2.75, 3.05) is 54.5 Å². The molecule has 1 saturated heterocycles. The Balaban J connectivity index is 3.39. The molecule has 10 heteroatoms. The van der Waals surface area contributed by atoms with Crippen molar-refractivity contribution in [3.63, 3.8) is 0 Å². The van der Waals surface area contributed by atoms with Crippen LogP contribution in [0.4, 0.5) is 0 Å². The first-order valence-corrected chi connectivity index (χ1v) is 9.20. The summed E-state index contributed by atoms with van der Waals surface area (Å²) in [6, 6.07) is 5.70. The van der Waals surface area contributed by atoms with Crippen molar-refractivity contribution in [3.05, 3.63) is 23.2 Å². The predicted molar refractivity (Wildman–Crippen MR) is 109 cm³/mol. The van der Waals surface area contributed by atoms with Gasteiger partial charge in [0.1, 0.15) is 44.5 Å². The molecule has 142 valence electrons. The van der Waals surface area contributed by atoms with Crippen LogP contribution in [0.2, 0.25) is 0 Å². The van der Waals surface area contributed by atoms with Gasteiger partial charge in [-0.2, -0.15) is 15.8 Å². The van der Waals surface area contributed by atoms with Crippen LogP contribution >= 0.6 is 24.0 Å². The first-order valence-electron chi connectivity index (χ1n) is 7.97. The zero-order valence-corrected chi connectivity index (χ0v) is 17.4. The smallest absolute Gasteiger partial charge is 0.147 e. The minimum atomic E-state index is -0.154. The molecule has 8 nitrogen and oxygen atoms in total. The molecule has 1 heterocycles. The molecule has 0 aliphatic carbocycles. The molecule has 0 saturated carbocycles. The van der Waals surface area contributed by atoms with E-state index in [0.717, 1.165) is 18.0 Å². The zero-order chi connectivity index (χ0) is 20.4. The highest BCUT2D eigenvalue weighted by Crippen LogP contribution is 2.23. The standard InChI is InChI=1S/C17H21N7OS2/c1-22(2)16(23(3)4)14(11-20)15(21-12-13(9-18)10-19)27-17(26)24-5-7-25-8-6-24/h12H,5-8H2,1-4H3. The van der Waals surface area contributed by atoms with Crippen LogP contribution in [0.5, 0.6) is 0 Å². The summed E-state index contributed by atoms with van der Waals surface area (Å²) in [6.07, 6.45) is 1.16. The Hall–Kier alpha value is -2.58. The number of thioether (sulfide) groups is 1. The van der Waals surface area contributed by atoms with Crippen molar-refractivity contribution in [2.45, 2.75) is 0 Å². The van der Waals surface area contributed by atoms with Crippen LogP contribution in [-0.2, 0) is 4.74 Å². The van der Waals surface area contributed by atoms with Gasteiger partial charge >= 0.3 is 0 Å². The molecule has 1 rings (SSSR count). The lowest BCUT2D eigenvalue weighted by atomic mass is 10.3. The second kappa shape index (κ2) is 11.2. The Morgan fingerprint density at radius 3 is 2.07 bits per heavy atom. The van der Waals surface area contributed by atoms with E-state index in [1.54, 1.807) is 21.9 Å². The molecule has 1 aliphatic rings. The van der Waals surface area contributed by atoms with E-state index in [1.807, 2.05) is 33.1 Å². The fourth-order valence-corrected chi connectivity index (χ4v) is 3.52. The van der Waals surface area contributed by atoms with Crippen LogP contribution in [0.25, 0.3) is 0 Å². The molecule has 0 aromatic heterocycles. The summed E-state index contributed by atoms with van der Waals surface area (Å²) in [5.74, 6) is 0.636. The Morgan fingerprint density at radius 2 is 1.63 bits per heavy atom. The lowest BCUT2D eigenvalue weighted by molar-refractivity contribution is 0.0703. The summed E-state index contributed by atoms with van der Waals surface area (Å²) in [7, 11) is 7.28. The molecular weight excluding hydrogens is 382 g/mol. The van der Waals surface area contributed by atoms with Crippen LogP contribution < -0.4 is 0 Å². The number of morpholine rings is 1. The van der Waals surface area contributed by atoms with Gasteiger partial charge in [0.15, 0.2) is 0 Å². The van der Waals surface area contributed by atoms with Crippen molar-refractivity contribution in [1.82, 2.24) is 14.7 Å². The molecule has 1 fully saturated rings. The summed E-state index contributed by atoms with van der Waals surface area (Å²) in [4.78, 5) is 9.83. The van der Waals surface area contributed by atoms with Gasteiger partial charge in [-0.1, -0.05) is 12.2 Å².